The minimum atomic E-state index is -4.67. The van der Waals surface area contributed by atoms with Crippen molar-refractivity contribution in [3.05, 3.63) is 108 Å². The topological polar surface area (TPSA) is 577 Å². The van der Waals surface area contributed by atoms with Crippen molar-refractivity contribution in [2.75, 3.05) is 5.34 Å². The molecule has 0 aromatic heterocycles. The van der Waals surface area contributed by atoms with Crippen molar-refractivity contribution < 1.29 is 167 Å². The van der Waals surface area contributed by atoms with Crippen LogP contribution < -0.4 is 62.2 Å². The normalized spacial score (nSPS) is 24.9. The second kappa shape index (κ2) is 54.7. The summed E-state index contributed by atoms with van der Waals surface area (Å²) in [5, 5.41) is 31.6. The number of nitrogens with zero attached hydrogens (tertiary/aromatic N) is 1. The van der Waals surface area contributed by atoms with Gasteiger partial charge >= 0.3 is 34.3 Å². The number of aldehydes is 1. The fourth-order valence-corrected chi connectivity index (χ4v) is 4.60. The van der Waals surface area contributed by atoms with Crippen LogP contribution in [0.5, 0.6) is 0 Å². The lowest BCUT2D eigenvalue weighted by Crippen LogP contribution is -2.53. The van der Waals surface area contributed by atoms with Crippen molar-refractivity contribution in [3.63, 3.8) is 0 Å². The number of carbonyl (C=O) groups excluding carboxylic acids is 8. The number of hydrogen-bond donors (Lipinski definition) is 15. The molecule has 34 heteroatoms. The van der Waals surface area contributed by atoms with E-state index in [2.05, 4.69) is 15.4 Å². The molecule has 0 heterocycles. The van der Waals surface area contributed by atoms with Crippen LogP contribution in [0.2, 0.25) is 0 Å². The fourth-order valence-electron chi connectivity index (χ4n) is 4.60. The third-order valence-electron chi connectivity index (χ3n) is 8.95. The number of nitriles is 1. The minimum absolute atomic E-state index is 0. The summed E-state index contributed by atoms with van der Waals surface area (Å²) in [5.74, 6) is -10.8. The zero-order chi connectivity index (χ0) is 135. The molecule has 0 fully saturated rings. The third-order valence-corrected chi connectivity index (χ3v) is 8.95. The highest BCUT2D eigenvalue weighted by molar-refractivity contribution is 7.79. The molecule has 0 bridgehead atoms. The number of carbonyl (C=O) groups is 10. The molecule has 29 nitrogen and oxygen atoms in total. The fraction of sp³-hybridized carbons (Fsp3) is 0.574. The van der Waals surface area contributed by atoms with Gasteiger partial charge in [-0.1, -0.05) is 214 Å². The third kappa shape index (κ3) is 72.8. The highest BCUT2D eigenvalue weighted by atomic mass is 35.5. The lowest BCUT2D eigenvalue weighted by Gasteiger charge is -2.31. The number of hydrogen-bond acceptors (Lipinski definition) is 20. The lowest BCUT2D eigenvalue weighted by molar-refractivity contribution is -0.156. The Morgan fingerprint density at radius 3 is 0.971 bits per heavy atom. The van der Waals surface area contributed by atoms with Crippen molar-refractivity contribution in [1.82, 2.24) is 10.6 Å². The number of primary amides is 5. The Morgan fingerprint density at radius 2 is 0.804 bits per heavy atom. The zero-order valence-electron chi connectivity index (χ0n) is 116. The van der Waals surface area contributed by atoms with Gasteiger partial charge in [-0.25, -0.2) is 0 Å². The number of nitrogens with one attached hydrogen (secondary N) is 2. The van der Waals surface area contributed by atoms with Crippen LogP contribution in [0.25, 0.3) is 0 Å². The van der Waals surface area contributed by atoms with E-state index in [4.69, 9.17) is 200 Å². The predicted octanol–water partition coefficient (Wildman–Crippen LogP) is 7.89. The van der Waals surface area contributed by atoms with Crippen LogP contribution in [0.1, 0.15) is 279 Å². The average molecular weight is 1620 g/mol. The number of carboxylic acids is 2. The van der Waals surface area contributed by atoms with Crippen molar-refractivity contribution in [3.8, 4) is 6.07 Å². The highest BCUT2D eigenvalue weighted by Crippen LogP contribution is 2.25. The smallest absolute Gasteiger partial charge is 0.394 e. The largest absolute Gasteiger partial charge is 0.480 e. The van der Waals surface area contributed by atoms with E-state index in [1.165, 1.54) is 56.3 Å². The van der Waals surface area contributed by atoms with Crippen LogP contribution in [-0.4, -0.2) is 128 Å². The molecular weight excluding hydrogens is 1430 g/mol. The number of rotatable bonds is 14. The number of alkyl halides is 3. The molecule has 0 saturated heterocycles. The maximum atomic E-state index is 12.1. The van der Waals surface area contributed by atoms with Gasteiger partial charge in [-0.05, 0) is 64.3 Å². The monoisotopic (exact) mass is 1610 g/mol. The van der Waals surface area contributed by atoms with Crippen molar-refractivity contribution in [2.24, 2.45) is 84.1 Å². The standard InChI is InChI=1S/C14H21N3O2.C14H19N3O.C8H10N2O.C6H14N2O.2C6H13NO2.C5H10O.C4H9Cl.C4H6O3.CH2Cl2.ClH.H2O4S/c1-14(2,3)11(13(16)19)17-10(12(15)18)9-7-5-4-6-8-9;1-14(2,3)11(9-15)17-12(13(16)18)10-7-5-4-6-8-10;9-7(8(10)11)6-4-2-1-3-5-6;3*1-6(2,3)4(7)5(8)9;1-5(2,3)4-6;1-4(2,3)5;1-3(5)7-4(2)6;2-1-3;;1-5(2,3)4/h4-8,10-11,17H,1-3H3,(H2,15,18)(H2,16,19);4-8,11-12,17H,1-3H3,(H2,16,18);1-5,7H,9H2,(H2,10,11);4H,7H2,1-3H3,(H2,8,9);2*4H,7H2,1-3H3,(H,8,9);4H,1-3H3;1-3H3;1-2H3;1H2;1H;(H2,1,2,3,4)/t10-,11-;11-,12-;7-;3*4-;;;;;;/m111111....../s1/i2*1D3,2D3,3D3;;5*1D3,2D3,3D3;;;;. The molecule has 0 aliphatic carbocycles. The Kier molecular flexibility index (Phi) is 20.3. The van der Waals surface area contributed by atoms with E-state index in [1.54, 1.807) is 36.4 Å². The van der Waals surface area contributed by atoms with Gasteiger partial charge in [0.25, 0.3) is 0 Å². The van der Waals surface area contributed by atoms with Crippen LogP contribution in [0.15, 0.2) is 91.0 Å². The van der Waals surface area contributed by atoms with E-state index in [1.807, 2.05) is 18.2 Å². The Bertz CT molecular complexity index is 5030. The van der Waals surface area contributed by atoms with Crippen LogP contribution in [0.4, 0.5) is 0 Å². The summed E-state index contributed by atoms with van der Waals surface area (Å²) in [7, 11) is -4.67. The second-order valence-electron chi connectivity index (χ2n) is 18.3. The number of benzene rings is 3. The van der Waals surface area contributed by atoms with Crippen LogP contribution in [0, 0.1) is 43.8 Å². The Morgan fingerprint density at radius 1 is 0.510 bits per heavy atom. The van der Waals surface area contributed by atoms with Crippen molar-refractivity contribution in [1.29, 1.82) is 5.26 Å². The van der Waals surface area contributed by atoms with Gasteiger partial charge < -0.3 is 71.3 Å². The van der Waals surface area contributed by atoms with E-state index >= 15 is 0 Å². The highest BCUT2D eigenvalue weighted by Gasteiger charge is 2.34. The SMILES string of the molecule is CC(=O)OC(C)=O.Cl.ClCCl.NC(=O)[C@H](N)c1ccccc1.O=S(=O)(O)O.[2H]C([2H])([2H])C(C=O)(C([2H])([2H])[2H])C([2H])([2H])[2H].[2H]C([2H])([2H])C(Cl)(C([2H])([2H])[2H])C([2H])([2H])[2H].[2H]C([2H])([2H])C([C@@H](C#N)N[C@@H](C(N)=O)c1ccccc1)(C([2H])([2H])[2H])C([2H])([2H])[2H].[2H]C([2H])([2H])C([C@H](N)C(=O)O)(C([2H])([2H])[2H])C([2H])([2H])[2H].[2H]C([2H])([2H])C([C@H](N)C(=O)O)(C([2H])([2H])[2H])C([2H])([2H])[2H].[2H]C([2H])([2H])C([C@H](N)C(N)=O)(C([2H])([2H])[2H])C([2H])([2H])[2H].[2H]C([2H])([2H])C([C@H](N[C@@H](C(N)=O)c1ccccc1)C(N)=O)(C([2H])([2H])[2H])C([2H])([2H])[2H]. The van der Waals surface area contributed by atoms with Crippen LogP contribution >= 0.6 is 47.2 Å². The minimum Gasteiger partial charge on any atom is -0.480 e. The Hall–Kier alpha value is -6.96. The first-order valence-electron chi connectivity index (χ1n) is 56.9. The first-order valence-corrected chi connectivity index (χ1v) is 28.2. The molecule has 588 valence electrons. The van der Waals surface area contributed by atoms with Gasteiger partial charge in [-0.3, -0.25) is 62.9 Å². The molecule has 3 rings (SSSR count). The molecule has 3 aromatic rings. The molecule has 0 saturated carbocycles. The first-order chi connectivity index (χ1) is 71.2. The number of nitrogens with two attached hydrogens (primary N) is 9. The summed E-state index contributed by atoms with van der Waals surface area (Å²) in [5.41, 5.74) is 26.8. The molecule has 3 aromatic carbocycles. The van der Waals surface area contributed by atoms with E-state index in [-0.39, 0.29) is 28.9 Å². The predicted molar refractivity (Wildman–Crippen MR) is 405 cm³/mol. The summed E-state index contributed by atoms with van der Waals surface area (Å²) in [4.78, 5) is 106. The van der Waals surface area contributed by atoms with Crippen LogP contribution in [-0.2, 0) is 63.1 Å². The maximum Gasteiger partial charge on any atom is 0.394 e. The molecule has 0 radical (unpaired) electrons. The Labute approximate surface area is 714 Å². The quantitative estimate of drug-likeness (QED) is 0.0240. The van der Waals surface area contributed by atoms with Gasteiger partial charge in [0.2, 0.25) is 29.5 Å². The molecule has 102 heavy (non-hydrogen) atoms. The Balaban J connectivity index is -0.000000239. The van der Waals surface area contributed by atoms with Gasteiger partial charge in [0.15, 0.2) is 0 Å². The summed E-state index contributed by atoms with van der Waals surface area (Å²) in [6.07, 6.45) is -0.500. The number of amides is 5. The van der Waals surface area contributed by atoms with Gasteiger partial charge in [0.1, 0.15) is 42.5 Å². The van der Waals surface area contributed by atoms with E-state index in [9.17, 15) is 53.2 Å². The number of ether oxygens (including phenoxy) is 1. The number of halogens is 4. The van der Waals surface area contributed by atoms with E-state index < -0.39 is 300 Å². The molecule has 0 aliphatic rings. The average Bonchev–Trinajstić information content (AvgIpc) is 0.711. The molecule has 0 unspecified atom stereocenters. The maximum absolute atomic E-state index is 12.1. The molecule has 8 atom stereocenters. The molecule has 0 aliphatic heterocycles. The number of carboxylic acid groups (broad SMARTS) is 2. The molecular formula is C68H120Cl4N12O17S. The zero-order valence-corrected chi connectivity index (χ0v) is 56.7. The van der Waals surface area contributed by atoms with Crippen LogP contribution in [0.3, 0.4) is 0 Å². The summed E-state index contributed by atoms with van der Waals surface area (Å²) < 4.78 is 491. The van der Waals surface area contributed by atoms with Crippen molar-refractivity contribution in [2.45, 2.75) is 211 Å². The number of esters is 2. The molecule has 0 spiro atoms. The van der Waals surface area contributed by atoms with E-state index in [0.29, 0.717) is 0 Å². The molecule has 5 amide bonds. The molecule has 24 N–H and O–H groups in total. The summed E-state index contributed by atoms with van der Waals surface area (Å²) in [6.45, 7) is -71.7. The van der Waals surface area contributed by atoms with Gasteiger partial charge in [-0.2, -0.15) is 13.7 Å². The van der Waals surface area contributed by atoms with Gasteiger partial charge in [0, 0.05) is 110 Å². The summed E-state index contributed by atoms with van der Waals surface area (Å²) in [6, 6.07) is 9.53. The van der Waals surface area contributed by atoms with Gasteiger partial charge in [-0.15, -0.1) is 47.2 Å². The first kappa shape index (κ1) is 37.8. The van der Waals surface area contributed by atoms with Gasteiger partial charge in [0.05, 0.1) is 23.5 Å². The van der Waals surface area contributed by atoms with E-state index in [0.717, 1.165) is 5.56 Å². The number of aliphatic carboxylic acids is 2. The van der Waals surface area contributed by atoms with Crippen molar-refractivity contribution >= 4 is 117 Å². The lowest BCUT2D eigenvalue weighted by atomic mass is 9.85. The summed E-state index contributed by atoms with van der Waals surface area (Å²) >= 11 is 14.8. The second-order valence-corrected chi connectivity index (χ2v) is 20.6.